The molecule has 0 radical (unpaired) electrons. The van der Waals surface area contributed by atoms with Crippen LogP contribution in [-0.4, -0.2) is 15.0 Å². The van der Waals surface area contributed by atoms with Crippen molar-refractivity contribution in [2.75, 3.05) is 5.32 Å². The number of nitrogens with zero attached hydrogens (tertiary/aromatic N) is 2. The third-order valence-corrected chi connectivity index (χ3v) is 5.06. The molecule has 0 unspecified atom stereocenters. The van der Waals surface area contributed by atoms with Gasteiger partial charge in [-0.15, -0.1) is 0 Å². The molecule has 4 aromatic rings. The summed E-state index contributed by atoms with van der Waals surface area (Å²) in [4.78, 5) is 25.6. The lowest BCUT2D eigenvalue weighted by molar-refractivity contribution is -0.116. The molecule has 5 heteroatoms. The van der Waals surface area contributed by atoms with Crippen molar-refractivity contribution in [1.29, 1.82) is 0 Å². The topological polar surface area (TPSA) is 56.0 Å². The van der Waals surface area contributed by atoms with Crippen LogP contribution in [0.2, 0.25) is 0 Å². The lowest BCUT2D eigenvalue weighted by Crippen LogP contribution is -2.28. The predicted molar refractivity (Wildman–Crippen MR) is 116 cm³/mol. The molecule has 4 rings (SSSR count). The molecular formula is C24H23N3O2. The number of para-hydroxylation sites is 1. The molecule has 1 amide bonds. The molecule has 0 atom stereocenters. The molecule has 29 heavy (non-hydrogen) atoms. The minimum absolute atomic E-state index is 0.0290. The van der Waals surface area contributed by atoms with Gasteiger partial charge in [0.1, 0.15) is 12.1 Å². The number of carbonyl (C=O) groups is 1. The second-order valence-corrected chi connectivity index (χ2v) is 7.35. The third-order valence-electron chi connectivity index (χ3n) is 5.06. The van der Waals surface area contributed by atoms with Crippen LogP contribution < -0.4 is 10.9 Å². The van der Waals surface area contributed by atoms with Crippen LogP contribution in [0, 0.1) is 13.8 Å². The van der Waals surface area contributed by atoms with Gasteiger partial charge in [0.2, 0.25) is 5.91 Å². The maximum absolute atomic E-state index is 13.1. The van der Waals surface area contributed by atoms with Crippen molar-refractivity contribution < 1.29 is 4.79 Å². The van der Waals surface area contributed by atoms with Gasteiger partial charge in [0.25, 0.3) is 5.56 Å². The Kier molecular flexibility index (Phi) is 5.04. The van der Waals surface area contributed by atoms with Gasteiger partial charge in [0.15, 0.2) is 0 Å². The number of fused-ring (bicyclic) bond motifs is 1. The van der Waals surface area contributed by atoms with Gasteiger partial charge in [0, 0.05) is 30.0 Å². The van der Waals surface area contributed by atoms with E-state index in [4.69, 9.17) is 0 Å². The summed E-state index contributed by atoms with van der Waals surface area (Å²) < 4.78 is 3.41. The Hall–Kier alpha value is -3.60. The van der Waals surface area contributed by atoms with Crippen LogP contribution in [0.5, 0.6) is 0 Å². The van der Waals surface area contributed by atoms with E-state index < -0.39 is 0 Å². The van der Waals surface area contributed by atoms with Gasteiger partial charge in [0.05, 0.1) is 0 Å². The normalized spacial score (nSPS) is 11.0. The molecule has 1 N–H and O–H groups in total. The largest absolute Gasteiger partial charge is 0.339 e. The fourth-order valence-corrected chi connectivity index (χ4v) is 3.57. The maximum atomic E-state index is 13.1. The van der Waals surface area contributed by atoms with E-state index in [1.165, 1.54) is 10.1 Å². The molecule has 0 aliphatic rings. The molecule has 0 saturated carbocycles. The van der Waals surface area contributed by atoms with Crippen molar-refractivity contribution in [3.05, 3.63) is 100 Å². The zero-order valence-electron chi connectivity index (χ0n) is 16.6. The first-order valence-corrected chi connectivity index (χ1v) is 9.60. The molecular weight excluding hydrogens is 362 g/mol. The molecule has 0 bridgehead atoms. The van der Waals surface area contributed by atoms with E-state index in [0.29, 0.717) is 12.1 Å². The number of hydrogen-bond acceptors (Lipinski definition) is 2. The summed E-state index contributed by atoms with van der Waals surface area (Å²) in [6, 6.07) is 19.6. The van der Waals surface area contributed by atoms with Crippen LogP contribution >= 0.6 is 0 Å². The number of amides is 1. The molecule has 2 aromatic carbocycles. The number of carbonyl (C=O) groups excluding carboxylic acids is 1. The van der Waals surface area contributed by atoms with Crippen molar-refractivity contribution in [2.45, 2.75) is 26.9 Å². The number of nitrogens with one attached hydrogen (secondary N) is 1. The number of hydrogen-bond donors (Lipinski definition) is 1. The van der Waals surface area contributed by atoms with E-state index in [2.05, 4.69) is 30.4 Å². The molecule has 5 nitrogen and oxygen atoms in total. The Morgan fingerprint density at radius 3 is 2.45 bits per heavy atom. The maximum Gasteiger partial charge on any atom is 0.275 e. The van der Waals surface area contributed by atoms with Crippen molar-refractivity contribution in [1.82, 2.24) is 9.13 Å². The van der Waals surface area contributed by atoms with Crippen LogP contribution in [-0.2, 0) is 17.9 Å². The second-order valence-electron chi connectivity index (χ2n) is 7.35. The SMILES string of the molecule is Cc1cccc(Cn2ccc3ccn(CC(=O)Nc4ccccc4C)c(=O)c32)c1. The van der Waals surface area contributed by atoms with E-state index in [1.807, 2.05) is 60.2 Å². The van der Waals surface area contributed by atoms with Crippen LogP contribution in [0.3, 0.4) is 0 Å². The summed E-state index contributed by atoms with van der Waals surface area (Å²) in [6.45, 7) is 4.57. The molecule has 0 fully saturated rings. The Morgan fingerprint density at radius 2 is 1.69 bits per heavy atom. The van der Waals surface area contributed by atoms with Crippen LogP contribution in [0.25, 0.3) is 10.9 Å². The number of aromatic nitrogens is 2. The monoisotopic (exact) mass is 385 g/mol. The predicted octanol–water partition coefficient (Wildman–Crippen LogP) is 4.11. The van der Waals surface area contributed by atoms with Gasteiger partial charge >= 0.3 is 0 Å². The number of rotatable bonds is 5. The van der Waals surface area contributed by atoms with Crippen molar-refractivity contribution >= 4 is 22.5 Å². The quantitative estimate of drug-likeness (QED) is 0.562. The Morgan fingerprint density at radius 1 is 0.931 bits per heavy atom. The summed E-state index contributed by atoms with van der Waals surface area (Å²) in [5.74, 6) is -0.224. The summed E-state index contributed by atoms with van der Waals surface area (Å²) in [6.07, 6.45) is 3.60. The zero-order valence-corrected chi connectivity index (χ0v) is 16.6. The van der Waals surface area contributed by atoms with E-state index in [0.717, 1.165) is 22.2 Å². The van der Waals surface area contributed by atoms with Gasteiger partial charge < -0.3 is 14.5 Å². The summed E-state index contributed by atoms with van der Waals surface area (Å²) in [7, 11) is 0. The van der Waals surface area contributed by atoms with E-state index in [-0.39, 0.29) is 18.0 Å². The van der Waals surface area contributed by atoms with E-state index in [9.17, 15) is 9.59 Å². The number of benzene rings is 2. The molecule has 146 valence electrons. The summed E-state index contributed by atoms with van der Waals surface area (Å²) in [5, 5.41) is 3.76. The molecule has 0 saturated heterocycles. The molecule has 2 aromatic heterocycles. The lowest BCUT2D eigenvalue weighted by Gasteiger charge is -2.11. The van der Waals surface area contributed by atoms with Crippen LogP contribution in [0.15, 0.2) is 77.9 Å². The van der Waals surface area contributed by atoms with Crippen LogP contribution in [0.1, 0.15) is 16.7 Å². The Balaban J connectivity index is 1.61. The molecule has 0 aliphatic carbocycles. The summed E-state index contributed by atoms with van der Waals surface area (Å²) in [5.41, 5.74) is 4.50. The zero-order chi connectivity index (χ0) is 20.4. The first kappa shape index (κ1) is 18.7. The van der Waals surface area contributed by atoms with Crippen LogP contribution in [0.4, 0.5) is 5.69 Å². The average Bonchev–Trinajstić information content (AvgIpc) is 3.09. The number of pyridine rings is 1. The first-order valence-electron chi connectivity index (χ1n) is 9.60. The molecule has 0 aliphatic heterocycles. The van der Waals surface area contributed by atoms with Gasteiger partial charge in [-0.2, -0.15) is 0 Å². The number of anilines is 1. The van der Waals surface area contributed by atoms with Gasteiger partial charge in [-0.1, -0.05) is 48.0 Å². The second kappa shape index (κ2) is 7.80. The van der Waals surface area contributed by atoms with Gasteiger partial charge in [-0.05, 0) is 43.2 Å². The minimum Gasteiger partial charge on any atom is -0.339 e. The highest BCUT2D eigenvalue weighted by Gasteiger charge is 2.12. The smallest absolute Gasteiger partial charge is 0.275 e. The highest BCUT2D eigenvalue weighted by Crippen LogP contribution is 2.15. The highest BCUT2D eigenvalue weighted by molar-refractivity contribution is 5.91. The van der Waals surface area contributed by atoms with Gasteiger partial charge in [-0.25, -0.2) is 0 Å². The van der Waals surface area contributed by atoms with Crippen molar-refractivity contribution in [3.8, 4) is 0 Å². The first-order chi connectivity index (χ1) is 14.0. The third kappa shape index (κ3) is 3.99. The minimum atomic E-state index is -0.224. The van der Waals surface area contributed by atoms with Gasteiger partial charge in [-0.3, -0.25) is 9.59 Å². The Bertz CT molecular complexity index is 1250. The molecule has 2 heterocycles. The molecule has 0 spiro atoms. The standard InChI is InChI=1S/C24H23N3O2/c1-17-6-5-8-19(14-17)15-26-12-10-20-11-13-27(24(29)23(20)26)16-22(28)25-21-9-4-3-7-18(21)2/h3-14H,15-16H2,1-2H3,(H,25,28). The average molecular weight is 385 g/mol. The Labute approximate surface area is 169 Å². The number of aryl methyl sites for hydroxylation is 2. The highest BCUT2D eigenvalue weighted by atomic mass is 16.2. The summed E-state index contributed by atoms with van der Waals surface area (Å²) >= 11 is 0. The van der Waals surface area contributed by atoms with E-state index in [1.54, 1.807) is 6.20 Å². The fraction of sp³-hybridized carbons (Fsp3) is 0.167. The fourth-order valence-electron chi connectivity index (χ4n) is 3.57. The van der Waals surface area contributed by atoms with Crippen molar-refractivity contribution in [3.63, 3.8) is 0 Å². The lowest BCUT2D eigenvalue weighted by atomic mass is 10.1. The van der Waals surface area contributed by atoms with Crippen molar-refractivity contribution in [2.24, 2.45) is 0 Å². The van der Waals surface area contributed by atoms with E-state index >= 15 is 0 Å².